The number of carbonyl (C=O) groups excluding carboxylic acids is 1. The predicted octanol–water partition coefficient (Wildman–Crippen LogP) is 3.95. The van der Waals surface area contributed by atoms with E-state index in [0.29, 0.717) is 19.0 Å². The van der Waals surface area contributed by atoms with E-state index in [-0.39, 0.29) is 11.8 Å². The fourth-order valence-electron chi connectivity index (χ4n) is 4.23. The fourth-order valence-corrected chi connectivity index (χ4v) is 4.23. The standard InChI is InChI=1S/C23H23N5O2/c1-15-25-22(26-30-15)16-8-10-28(11-9-16)23(29)18-6-7-21-17(12-18)4-3-5-20(21)19-13-24-27(2)14-19/h3-7,12-14,16H,8-11H2,1-2H3. The lowest BCUT2D eigenvalue weighted by molar-refractivity contribution is 0.0711. The fraction of sp³-hybridized carbons (Fsp3) is 0.304. The smallest absolute Gasteiger partial charge is 0.253 e. The molecule has 7 heteroatoms. The highest BCUT2D eigenvalue weighted by Crippen LogP contribution is 2.30. The van der Waals surface area contributed by atoms with Gasteiger partial charge in [-0.3, -0.25) is 9.48 Å². The second-order valence-corrected chi connectivity index (χ2v) is 7.88. The molecule has 0 spiro atoms. The molecule has 0 bridgehead atoms. The Morgan fingerprint density at radius 2 is 2.00 bits per heavy atom. The second kappa shape index (κ2) is 7.40. The van der Waals surface area contributed by atoms with Crippen molar-refractivity contribution < 1.29 is 9.32 Å². The summed E-state index contributed by atoms with van der Waals surface area (Å²) in [5.41, 5.74) is 2.91. The third-order valence-corrected chi connectivity index (χ3v) is 5.83. The van der Waals surface area contributed by atoms with Crippen LogP contribution in [0.5, 0.6) is 0 Å². The molecular formula is C23H23N5O2. The molecule has 1 aliphatic heterocycles. The zero-order valence-electron chi connectivity index (χ0n) is 17.1. The number of aromatic nitrogens is 4. The number of piperidine rings is 1. The van der Waals surface area contributed by atoms with Crippen LogP contribution in [-0.2, 0) is 7.05 Å². The lowest BCUT2D eigenvalue weighted by Gasteiger charge is -2.30. The lowest BCUT2D eigenvalue weighted by Crippen LogP contribution is -2.38. The van der Waals surface area contributed by atoms with Crippen LogP contribution >= 0.6 is 0 Å². The van der Waals surface area contributed by atoms with Gasteiger partial charge in [0, 0.05) is 50.3 Å². The van der Waals surface area contributed by atoms with Crippen molar-refractivity contribution >= 4 is 16.7 Å². The quantitative estimate of drug-likeness (QED) is 0.519. The van der Waals surface area contributed by atoms with E-state index >= 15 is 0 Å². The van der Waals surface area contributed by atoms with Crippen molar-refractivity contribution in [3.8, 4) is 11.1 Å². The molecule has 1 saturated heterocycles. The molecule has 3 heterocycles. The van der Waals surface area contributed by atoms with Gasteiger partial charge in [0.25, 0.3) is 5.91 Å². The highest BCUT2D eigenvalue weighted by molar-refractivity contribution is 6.02. The first-order valence-electron chi connectivity index (χ1n) is 10.2. The zero-order chi connectivity index (χ0) is 20.7. The summed E-state index contributed by atoms with van der Waals surface area (Å²) >= 11 is 0. The van der Waals surface area contributed by atoms with Crippen molar-refractivity contribution in [1.82, 2.24) is 24.8 Å². The van der Waals surface area contributed by atoms with Crippen LogP contribution in [0.25, 0.3) is 21.9 Å². The Balaban J connectivity index is 1.35. The molecule has 2 aromatic carbocycles. The maximum absolute atomic E-state index is 13.1. The monoisotopic (exact) mass is 401 g/mol. The van der Waals surface area contributed by atoms with Crippen molar-refractivity contribution in [3.63, 3.8) is 0 Å². The summed E-state index contributed by atoms with van der Waals surface area (Å²) in [5, 5.41) is 10.5. The van der Waals surface area contributed by atoms with Gasteiger partial charge < -0.3 is 9.42 Å². The van der Waals surface area contributed by atoms with Gasteiger partial charge >= 0.3 is 0 Å². The zero-order valence-corrected chi connectivity index (χ0v) is 17.1. The number of nitrogens with zero attached hydrogens (tertiary/aromatic N) is 5. The van der Waals surface area contributed by atoms with Crippen LogP contribution < -0.4 is 0 Å². The van der Waals surface area contributed by atoms with Gasteiger partial charge in [-0.2, -0.15) is 10.1 Å². The summed E-state index contributed by atoms with van der Waals surface area (Å²) in [5.74, 6) is 1.68. The van der Waals surface area contributed by atoms with E-state index in [1.807, 2.05) is 48.6 Å². The molecular weight excluding hydrogens is 378 g/mol. The van der Waals surface area contributed by atoms with Gasteiger partial charge in [0.1, 0.15) is 0 Å². The van der Waals surface area contributed by atoms with E-state index in [1.54, 1.807) is 11.6 Å². The second-order valence-electron chi connectivity index (χ2n) is 7.88. The van der Waals surface area contributed by atoms with E-state index in [1.165, 1.54) is 0 Å². The lowest BCUT2D eigenvalue weighted by atomic mass is 9.95. The Hall–Kier alpha value is -3.48. The number of rotatable bonds is 3. The maximum Gasteiger partial charge on any atom is 0.253 e. The summed E-state index contributed by atoms with van der Waals surface area (Å²) in [4.78, 5) is 19.4. The molecule has 2 aromatic heterocycles. The van der Waals surface area contributed by atoms with Crippen molar-refractivity contribution in [1.29, 1.82) is 0 Å². The van der Waals surface area contributed by atoms with Gasteiger partial charge in [-0.15, -0.1) is 0 Å². The SMILES string of the molecule is Cc1nc(C2CCN(C(=O)c3ccc4c(-c5cnn(C)c5)cccc4c3)CC2)no1. The largest absolute Gasteiger partial charge is 0.340 e. The molecule has 7 nitrogen and oxygen atoms in total. The van der Waals surface area contributed by atoms with Crippen LogP contribution in [0.4, 0.5) is 0 Å². The minimum absolute atomic E-state index is 0.0754. The van der Waals surface area contributed by atoms with Crippen LogP contribution in [-0.4, -0.2) is 43.8 Å². The van der Waals surface area contributed by atoms with Gasteiger partial charge in [0.05, 0.1) is 6.20 Å². The average molecular weight is 401 g/mol. The molecule has 30 heavy (non-hydrogen) atoms. The highest BCUT2D eigenvalue weighted by Gasteiger charge is 2.27. The summed E-state index contributed by atoms with van der Waals surface area (Å²) in [6.45, 7) is 3.20. The van der Waals surface area contributed by atoms with E-state index in [2.05, 4.69) is 27.4 Å². The van der Waals surface area contributed by atoms with Crippen LogP contribution in [0.1, 0.15) is 40.8 Å². The summed E-state index contributed by atoms with van der Waals surface area (Å²) in [6.07, 6.45) is 5.57. The predicted molar refractivity (Wildman–Crippen MR) is 113 cm³/mol. The number of amides is 1. The van der Waals surface area contributed by atoms with E-state index in [9.17, 15) is 4.79 Å². The maximum atomic E-state index is 13.1. The highest BCUT2D eigenvalue weighted by atomic mass is 16.5. The van der Waals surface area contributed by atoms with Gasteiger partial charge in [-0.25, -0.2) is 0 Å². The van der Waals surface area contributed by atoms with Crippen molar-refractivity contribution in [2.24, 2.45) is 7.05 Å². The number of aryl methyl sites for hydroxylation is 2. The number of hydrogen-bond acceptors (Lipinski definition) is 5. The Labute approximate surface area is 174 Å². The Morgan fingerprint density at radius 3 is 2.70 bits per heavy atom. The summed E-state index contributed by atoms with van der Waals surface area (Å²) in [6, 6.07) is 12.1. The molecule has 1 aliphatic rings. The topological polar surface area (TPSA) is 77.1 Å². The molecule has 0 unspecified atom stereocenters. The number of likely N-dealkylation sites (tertiary alicyclic amines) is 1. The van der Waals surface area contributed by atoms with Crippen LogP contribution in [0.3, 0.4) is 0 Å². The van der Waals surface area contributed by atoms with Crippen molar-refractivity contribution in [2.45, 2.75) is 25.7 Å². The minimum Gasteiger partial charge on any atom is -0.340 e. The molecule has 0 radical (unpaired) electrons. The average Bonchev–Trinajstić information content (AvgIpc) is 3.41. The first-order valence-corrected chi connectivity index (χ1v) is 10.2. The third kappa shape index (κ3) is 3.36. The van der Waals surface area contributed by atoms with Crippen molar-refractivity contribution in [2.75, 3.05) is 13.1 Å². The molecule has 1 fully saturated rings. The molecule has 1 amide bonds. The molecule has 0 saturated carbocycles. The molecule has 0 aliphatic carbocycles. The first-order chi connectivity index (χ1) is 14.6. The molecule has 0 N–H and O–H groups in total. The Bertz CT molecular complexity index is 1220. The first kappa shape index (κ1) is 18.5. The van der Waals surface area contributed by atoms with E-state index in [4.69, 9.17) is 4.52 Å². The minimum atomic E-state index is 0.0754. The van der Waals surface area contributed by atoms with Gasteiger partial charge in [0.15, 0.2) is 5.82 Å². The van der Waals surface area contributed by atoms with Crippen LogP contribution in [0.15, 0.2) is 53.3 Å². The molecule has 152 valence electrons. The Kier molecular flexibility index (Phi) is 4.58. The summed E-state index contributed by atoms with van der Waals surface area (Å²) < 4.78 is 6.90. The molecule has 5 rings (SSSR count). The molecule has 4 aromatic rings. The van der Waals surface area contributed by atoms with Gasteiger partial charge in [-0.05, 0) is 41.3 Å². The number of hydrogen-bond donors (Lipinski definition) is 0. The number of fused-ring (bicyclic) bond motifs is 1. The summed E-state index contributed by atoms with van der Waals surface area (Å²) in [7, 11) is 1.91. The van der Waals surface area contributed by atoms with Crippen molar-refractivity contribution in [3.05, 3.63) is 66.1 Å². The Morgan fingerprint density at radius 1 is 1.17 bits per heavy atom. The molecule has 0 atom stereocenters. The van der Waals surface area contributed by atoms with Gasteiger partial charge in [-0.1, -0.05) is 29.4 Å². The van der Waals surface area contributed by atoms with Crippen LogP contribution in [0, 0.1) is 6.92 Å². The van der Waals surface area contributed by atoms with Gasteiger partial charge in [0.2, 0.25) is 5.89 Å². The normalized spacial score (nSPS) is 15.1. The number of carbonyl (C=O) groups is 1. The van der Waals surface area contributed by atoms with Crippen LogP contribution in [0.2, 0.25) is 0 Å². The van der Waals surface area contributed by atoms with E-state index < -0.39 is 0 Å². The van der Waals surface area contributed by atoms with E-state index in [0.717, 1.165) is 46.1 Å². The number of benzene rings is 2. The third-order valence-electron chi connectivity index (χ3n) is 5.83.